The van der Waals surface area contributed by atoms with Crippen LogP contribution in [0.2, 0.25) is 0 Å². The summed E-state index contributed by atoms with van der Waals surface area (Å²) in [5.74, 6) is 0.0247. The van der Waals surface area contributed by atoms with E-state index in [1.54, 1.807) is 24.3 Å². The van der Waals surface area contributed by atoms with Crippen molar-refractivity contribution in [2.75, 3.05) is 6.54 Å². The minimum Gasteiger partial charge on any atom is -0.507 e. The molecule has 0 aliphatic rings. The summed E-state index contributed by atoms with van der Waals surface area (Å²) in [5, 5.41) is 12.3. The molecular weight excluding hydrogens is 216 g/mol. The Bertz CT molecular complexity index is 420. The van der Waals surface area contributed by atoms with E-state index in [1.165, 1.54) is 6.21 Å². The van der Waals surface area contributed by atoms with Gasteiger partial charge >= 0.3 is 0 Å². The maximum atomic E-state index is 11.4. The van der Waals surface area contributed by atoms with E-state index in [4.69, 9.17) is 0 Å². The number of phenols is 1. The zero-order chi connectivity index (χ0) is 12.9. The fourth-order valence-corrected chi connectivity index (χ4v) is 1.28. The zero-order valence-corrected chi connectivity index (χ0v) is 10.4. The molecule has 1 rings (SSSR count). The first-order valence-corrected chi connectivity index (χ1v) is 5.47. The molecule has 0 unspecified atom stereocenters. The van der Waals surface area contributed by atoms with Gasteiger partial charge in [-0.3, -0.25) is 9.79 Å². The molecule has 1 amide bonds. The number of aromatic hydroxyl groups is 1. The quantitative estimate of drug-likeness (QED) is 0.782. The van der Waals surface area contributed by atoms with Crippen LogP contribution in [0.5, 0.6) is 5.75 Å². The van der Waals surface area contributed by atoms with E-state index in [-0.39, 0.29) is 23.7 Å². The van der Waals surface area contributed by atoms with E-state index in [1.807, 2.05) is 20.8 Å². The maximum absolute atomic E-state index is 11.4. The molecule has 2 N–H and O–H groups in total. The van der Waals surface area contributed by atoms with E-state index >= 15 is 0 Å². The number of hydrogen-bond donors (Lipinski definition) is 2. The summed E-state index contributed by atoms with van der Waals surface area (Å²) in [6.07, 6.45) is 1.50. The average molecular weight is 234 g/mol. The highest BCUT2D eigenvalue weighted by Crippen LogP contribution is 2.12. The van der Waals surface area contributed by atoms with Gasteiger partial charge in [-0.25, -0.2) is 0 Å². The van der Waals surface area contributed by atoms with Crippen LogP contribution in [0, 0.1) is 0 Å². The minimum atomic E-state index is -0.249. The maximum Gasteiger partial charge on any atom is 0.242 e. The third-order valence-electron chi connectivity index (χ3n) is 1.92. The lowest BCUT2D eigenvalue weighted by Crippen LogP contribution is -2.41. The third kappa shape index (κ3) is 5.15. The Balaban J connectivity index is 2.51. The summed E-state index contributed by atoms with van der Waals surface area (Å²) in [6.45, 7) is 5.80. The normalized spacial score (nSPS) is 11.7. The number of para-hydroxylation sites is 1. The number of phenolic OH excluding ortho intramolecular Hbond substituents is 1. The fraction of sp³-hybridized carbons (Fsp3) is 0.385. The lowest BCUT2D eigenvalue weighted by atomic mass is 10.1. The second kappa shape index (κ2) is 5.48. The van der Waals surface area contributed by atoms with Gasteiger partial charge in [0.15, 0.2) is 0 Å². The van der Waals surface area contributed by atoms with Crippen LogP contribution >= 0.6 is 0 Å². The standard InChI is InChI=1S/C13H18N2O2/c1-13(2,3)15-12(17)9-14-8-10-6-4-5-7-11(10)16/h4-8,16H,9H2,1-3H3,(H,15,17). The number of hydrogen-bond acceptors (Lipinski definition) is 3. The van der Waals surface area contributed by atoms with Gasteiger partial charge in [-0.2, -0.15) is 0 Å². The fourth-order valence-electron chi connectivity index (χ4n) is 1.28. The molecule has 0 atom stereocenters. The SMILES string of the molecule is CC(C)(C)NC(=O)CN=Cc1ccccc1O. The van der Waals surface area contributed by atoms with Gasteiger partial charge in [0.05, 0.1) is 0 Å². The van der Waals surface area contributed by atoms with Gasteiger partial charge in [0, 0.05) is 17.3 Å². The first-order valence-electron chi connectivity index (χ1n) is 5.47. The molecule has 0 radical (unpaired) electrons. The molecule has 92 valence electrons. The van der Waals surface area contributed by atoms with Crippen molar-refractivity contribution < 1.29 is 9.90 Å². The van der Waals surface area contributed by atoms with Crippen LogP contribution in [0.4, 0.5) is 0 Å². The van der Waals surface area contributed by atoms with Crippen LogP contribution in [0.25, 0.3) is 0 Å². The van der Waals surface area contributed by atoms with Crippen molar-refractivity contribution in [1.29, 1.82) is 0 Å². The Kier molecular flexibility index (Phi) is 4.26. The molecule has 17 heavy (non-hydrogen) atoms. The van der Waals surface area contributed by atoms with Crippen LogP contribution < -0.4 is 5.32 Å². The molecule has 4 heteroatoms. The van der Waals surface area contributed by atoms with Crippen LogP contribution in [0.3, 0.4) is 0 Å². The first kappa shape index (κ1) is 13.2. The highest BCUT2D eigenvalue weighted by atomic mass is 16.3. The number of aliphatic imine (C=N–C) groups is 1. The Morgan fingerprint density at radius 1 is 1.41 bits per heavy atom. The monoisotopic (exact) mass is 234 g/mol. The lowest BCUT2D eigenvalue weighted by molar-refractivity contribution is -0.121. The number of rotatable bonds is 3. The summed E-state index contributed by atoms with van der Waals surface area (Å²) >= 11 is 0. The molecule has 0 spiro atoms. The summed E-state index contributed by atoms with van der Waals surface area (Å²) in [7, 11) is 0. The summed E-state index contributed by atoms with van der Waals surface area (Å²) in [5.41, 5.74) is 0.359. The summed E-state index contributed by atoms with van der Waals surface area (Å²) < 4.78 is 0. The van der Waals surface area contributed by atoms with Crippen molar-refractivity contribution in [2.24, 2.45) is 4.99 Å². The predicted octanol–water partition coefficient (Wildman–Crippen LogP) is 1.73. The van der Waals surface area contributed by atoms with Crippen molar-refractivity contribution in [3.05, 3.63) is 29.8 Å². The van der Waals surface area contributed by atoms with Gasteiger partial charge in [0.1, 0.15) is 12.3 Å². The van der Waals surface area contributed by atoms with Gasteiger partial charge in [-0.1, -0.05) is 12.1 Å². The second-order valence-corrected chi connectivity index (χ2v) is 4.83. The summed E-state index contributed by atoms with van der Waals surface area (Å²) in [6, 6.07) is 6.85. The van der Waals surface area contributed by atoms with Crippen LogP contribution in [-0.4, -0.2) is 29.3 Å². The molecule has 1 aromatic carbocycles. The van der Waals surface area contributed by atoms with Crippen molar-refractivity contribution in [3.63, 3.8) is 0 Å². The van der Waals surface area contributed by atoms with Gasteiger partial charge in [-0.05, 0) is 32.9 Å². The lowest BCUT2D eigenvalue weighted by Gasteiger charge is -2.19. The van der Waals surface area contributed by atoms with E-state index in [2.05, 4.69) is 10.3 Å². The second-order valence-electron chi connectivity index (χ2n) is 4.83. The molecule has 0 heterocycles. The minimum absolute atomic E-state index is 0.0611. The van der Waals surface area contributed by atoms with E-state index in [9.17, 15) is 9.90 Å². The average Bonchev–Trinajstić information content (AvgIpc) is 2.18. The molecule has 0 aliphatic carbocycles. The molecule has 0 aromatic heterocycles. The van der Waals surface area contributed by atoms with Gasteiger partial charge in [0.2, 0.25) is 5.91 Å². The van der Waals surface area contributed by atoms with Crippen LogP contribution in [0.1, 0.15) is 26.3 Å². The molecule has 0 bridgehead atoms. The highest BCUT2D eigenvalue weighted by molar-refractivity contribution is 5.86. The number of benzene rings is 1. The molecule has 0 saturated heterocycles. The van der Waals surface area contributed by atoms with E-state index in [0.717, 1.165) is 0 Å². The third-order valence-corrected chi connectivity index (χ3v) is 1.92. The van der Waals surface area contributed by atoms with Gasteiger partial charge in [0.25, 0.3) is 0 Å². The van der Waals surface area contributed by atoms with E-state index < -0.39 is 0 Å². The van der Waals surface area contributed by atoms with Gasteiger partial charge in [-0.15, -0.1) is 0 Å². The summed E-state index contributed by atoms with van der Waals surface area (Å²) in [4.78, 5) is 15.4. The molecule has 0 aliphatic heterocycles. The highest BCUT2D eigenvalue weighted by Gasteiger charge is 2.12. The van der Waals surface area contributed by atoms with Crippen LogP contribution in [0.15, 0.2) is 29.3 Å². The number of carbonyl (C=O) groups excluding carboxylic acids is 1. The molecule has 4 nitrogen and oxygen atoms in total. The largest absolute Gasteiger partial charge is 0.507 e. The Hall–Kier alpha value is -1.84. The predicted molar refractivity (Wildman–Crippen MR) is 68.5 cm³/mol. The number of amides is 1. The molecule has 0 fully saturated rings. The number of nitrogens with zero attached hydrogens (tertiary/aromatic N) is 1. The van der Waals surface area contributed by atoms with Crippen LogP contribution in [-0.2, 0) is 4.79 Å². The Labute approximate surface area is 101 Å². The van der Waals surface area contributed by atoms with Crippen molar-refractivity contribution in [1.82, 2.24) is 5.32 Å². The van der Waals surface area contributed by atoms with Crippen molar-refractivity contribution in [2.45, 2.75) is 26.3 Å². The van der Waals surface area contributed by atoms with Crippen molar-refractivity contribution >= 4 is 12.1 Å². The molecular formula is C13H18N2O2. The number of carbonyl (C=O) groups is 1. The van der Waals surface area contributed by atoms with E-state index in [0.29, 0.717) is 5.56 Å². The zero-order valence-electron chi connectivity index (χ0n) is 10.4. The Morgan fingerprint density at radius 2 is 2.06 bits per heavy atom. The number of nitrogens with one attached hydrogen (secondary N) is 1. The van der Waals surface area contributed by atoms with Crippen molar-refractivity contribution in [3.8, 4) is 5.75 Å². The molecule has 0 saturated carbocycles. The first-order chi connectivity index (χ1) is 7.88. The topological polar surface area (TPSA) is 61.7 Å². The van der Waals surface area contributed by atoms with Gasteiger partial charge < -0.3 is 10.4 Å². The molecule has 1 aromatic rings. The smallest absolute Gasteiger partial charge is 0.242 e. The Morgan fingerprint density at radius 3 is 2.65 bits per heavy atom.